The maximum atomic E-state index is 5.33. The van der Waals surface area contributed by atoms with Gasteiger partial charge in [-0.1, -0.05) is 176 Å². The van der Waals surface area contributed by atoms with Crippen molar-refractivity contribution in [3.63, 3.8) is 0 Å². The van der Waals surface area contributed by atoms with Gasteiger partial charge in [-0.25, -0.2) is 15.0 Å². The first-order chi connectivity index (χ1) is 37.7. The van der Waals surface area contributed by atoms with Gasteiger partial charge in [-0.3, -0.25) is 0 Å². The molecule has 0 aliphatic rings. The van der Waals surface area contributed by atoms with Crippen LogP contribution in [0, 0.1) is 0 Å². The third kappa shape index (κ3) is 6.20. The van der Waals surface area contributed by atoms with Crippen molar-refractivity contribution < 1.29 is 0 Å². The molecular weight excluding hydrogens is 927 g/mol. The Kier molecular flexibility index (Phi) is 9.20. The van der Waals surface area contributed by atoms with Gasteiger partial charge in [0, 0.05) is 82.5 Å². The third-order valence-electron chi connectivity index (χ3n) is 15.4. The van der Waals surface area contributed by atoms with Crippen LogP contribution in [-0.2, 0) is 0 Å². The normalized spacial score (nSPS) is 11.9. The van der Waals surface area contributed by atoms with E-state index >= 15 is 0 Å². The topological polar surface area (TPSA) is 58.4 Å². The average Bonchev–Trinajstić information content (AvgIpc) is 4.38. The maximum absolute atomic E-state index is 5.33. The molecule has 11 aromatic carbocycles. The number of para-hydroxylation sites is 5. The SMILES string of the molecule is c1ccc(-c2nc(-c3ccccc3)nc(-c3cccc4c3c3ccc5c(c6ccccc6n5-c5ccccc5)c3n4-c3ccc4c(c3)c3ccc5c(c6ccccc6n5-c5ccccc5)c3n4-c3ccccc3)n2)cc1. The van der Waals surface area contributed by atoms with Crippen LogP contribution in [0.4, 0.5) is 0 Å². The van der Waals surface area contributed by atoms with Gasteiger partial charge in [0.1, 0.15) is 0 Å². The fraction of sp³-hybridized carbons (Fsp3) is 0. The lowest BCUT2D eigenvalue weighted by Gasteiger charge is -2.12. The summed E-state index contributed by atoms with van der Waals surface area (Å²) in [7, 11) is 0. The van der Waals surface area contributed by atoms with E-state index in [1.807, 2.05) is 36.4 Å². The number of nitrogens with zero attached hydrogens (tertiary/aromatic N) is 7. The van der Waals surface area contributed by atoms with Gasteiger partial charge in [0.2, 0.25) is 0 Å². The molecule has 0 spiro atoms. The van der Waals surface area contributed by atoms with E-state index in [1.165, 1.54) is 38.0 Å². The standard InChI is InChI=1S/C69H43N7/c1-6-21-44(22-7-1)67-70-68(45-23-8-2-9-24-45)72-69(71-67)54-33-20-36-59-62(54)53-39-42-61-64(52-32-17-19-35-57(52)74(61)47-27-12-4-13-28-47)66(53)76(59)49-37-40-58-55(43-49)50-38-41-60-63(65(50)75(58)48-29-14-5-15-30-48)51-31-16-18-34-56(51)73(60)46-25-10-3-11-26-46/h1-43H. The fourth-order valence-electron chi connectivity index (χ4n) is 12.2. The first-order valence-electron chi connectivity index (χ1n) is 25.8. The zero-order chi connectivity index (χ0) is 49.8. The Labute approximate surface area is 436 Å². The fourth-order valence-corrected chi connectivity index (χ4v) is 12.2. The largest absolute Gasteiger partial charge is 0.309 e. The van der Waals surface area contributed by atoms with Crippen LogP contribution in [0.15, 0.2) is 261 Å². The van der Waals surface area contributed by atoms with Crippen molar-refractivity contribution in [1.82, 2.24) is 33.2 Å². The highest BCUT2D eigenvalue weighted by Gasteiger charge is 2.26. The van der Waals surface area contributed by atoms with Crippen LogP contribution in [0.2, 0.25) is 0 Å². The van der Waals surface area contributed by atoms with E-state index in [0.29, 0.717) is 17.5 Å². The Hall–Kier alpha value is -10.4. The molecule has 16 rings (SSSR count). The molecule has 76 heavy (non-hydrogen) atoms. The predicted octanol–water partition coefficient (Wildman–Crippen LogP) is 17.3. The molecule has 7 heteroatoms. The lowest BCUT2D eigenvalue weighted by atomic mass is 10.0. The Morgan fingerprint density at radius 3 is 1.17 bits per heavy atom. The molecule has 0 radical (unpaired) electrons. The molecule has 354 valence electrons. The van der Waals surface area contributed by atoms with Crippen molar-refractivity contribution in [3.8, 4) is 56.9 Å². The van der Waals surface area contributed by atoms with E-state index < -0.39 is 0 Å². The van der Waals surface area contributed by atoms with Crippen LogP contribution in [-0.4, -0.2) is 33.2 Å². The molecule has 0 fully saturated rings. The van der Waals surface area contributed by atoms with Crippen LogP contribution >= 0.6 is 0 Å². The van der Waals surface area contributed by atoms with Gasteiger partial charge in [-0.15, -0.1) is 0 Å². The molecule has 5 heterocycles. The summed E-state index contributed by atoms with van der Waals surface area (Å²) < 4.78 is 9.79. The predicted molar refractivity (Wildman–Crippen MR) is 313 cm³/mol. The van der Waals surface area contributed by atoms with E-state index in [1.54, 1.807) is 0 Å². The highest BCUT2D eigenvalue weighted by atomic mass is 15.1. The lowest BCUT2D eigenvalue weighted by Crippen LogP contribution is -2.00. The van der Waals surface area contributed by atoms with Crippen molar-refractivity contribution in [2.45, 2.75) is 0 Å². The van der Waals surface area contributed by atoms with Gasteiger partial charge in [-0.05, 0) is 84.9 Å². The number of benzene rings is 11. The highest BCUT2D eigenvalue weighted by Crippen LogP contribution is 2.47. The number of rotatable bonds is 7. The quantitative estimate of drug-likeness (QED) is 0.160. The molecular formula is C69H43N7. The second-order valence-electron chi connectivity index (χ2n) is 19.5. The van der Waals surface area contributed by atoms with Gasteiger partial charge in [0.25, 0.3) is 0 Å². The van der Waals surface area contributed by atoms with E-state index in [-0.39, 0.29) is 0 Å². The molecule has 0 unspecified atom stereocenters. The Morgan fingerprint density at radius 2 is 0.618 bits per heavy atom. The molecule has 0 N–H and O–H groups in total. The summed E-state index contributed by atoms with van der Waals surface area (Å²) >= 11 is 0. The van der Waals surface area contributed by atoms with Crippen molar-refractivity contribution in [2.24, 2.45) is 0 Å². The summed E-state index contributed by atoms with van der Waals surface area (Å²) in [4.78, 5) is 15.8. The third-order valence-corrected chi connectivity index (χ3v) is 15.4. The number of aromatic nitrogens is 7. The minimum absolute atomic E-state index is 0.615. The van der Waals surface area contributed by atoms with Crippen LogP contribution < -0.4 is 0 Å². The molecule has 0 amide bonds. The monoisotopic (exact) mass is 969 g/mol. The molecule has 5 aromatic heterocycles. The Morgan fingerprint density at radius 1 is 0.224 bits per heavy atom. The van der Waals surface area contributed by atoms with Gasteiger partial charge in [0.15, 0.2) is 17.5 Å². The Bertz CT molecular complexity index is 4900. The van der Waals surface area contributed by atoms with Crippen molar-refractivity contribution in [1.29, 1.82) is 0 Å². The second-order valence-corrected chi connectivity index (χ2v) is 19.5. The van der Waals surface area contributed by atoms with Crippen LogP contribution in [0.1, 0.15) is 0 Å². The number of hydrogen-bond acceptors (Lipinski definition) is 3. The second kappa shape index (κ2) is 16.6. The van der Waals surface area contributed by atoms with Gasteiger partial charge in [0.05, 0.1) is 44.1 Å². The molecule has 0 aliphatic carbocycles. The number of fused-ring (bicyclic) bond motifs is 14. The summed E-state index contributed by atoms with van der Waals surface area (Å²) in [5.74, 6) is 1.86. The highest BCUT2D eigenvalue weighted by molar-refractivity contribution is 6.29. The smallest absolute Gasteiger partial charge is 0.164 e. The van der Waals surface area contributed by atoms with E-state index in [9.17, 15) is 0 Å². The number of hydrogen-bond donors (Lipinski definition) is 0. The van der Waals surface area contributed by atoms with Crippen molar-refractivity contribution >= 4 is 87.2 Å². The minimum atomic E-state index is 0.615. The van der Waals surface area contributed by atoms with Crippen LogP contribution in [0.3, 0.4) is 0 Å². The average molecular weight is 970 g/mol. The molecule has 0 bridgehead atoms. The van der Waals surface area contributed by atoms with E-state index in [4.69, 9.17) is 15.0 Å². The van der Waals surface area contributed by atoms with Crippen LogP contribution in [0.5, 0.6) is 0 Å². The first-order valence-corrected chi connectivity index (χ1v) is 25.8. The Balaban J connectivity index is 1.04. The van der Waals surface area contributed by atoms with Crippen molar-refractivity contribution in [2.75, 3.05) is 0 Å². The summed E-state index contributed by atoms with van der Waals surface area (Å²) in [6, 6.07) is 93.3. The minimum Gasteiger partial charge on any atom is -0.309 e. The molecule has 0 aliphatic heterocycles. The van der Waals surface area contributed by atoms with Crippen molar-refractivity contribution in [3.05, 3.63) is 261 Å². The van der Waals surface area contributed by atoms with Gasteiger partial charge in [-0.2, -0.15) is 0 Å². The zero-order valence-corrected chi connectivity index (χ0v) is 41.0. The summed E-state index contributed by atoms with van der Waals surface area (Å²) in [6.45, 7) is 0. The lowest BCUT2D eigenvalue weighted by molar-refractivity contribution is 1.08. The van der Waals surface area contributed by atoms with E-state index in [0.717, 1.165) is 88.7 Å². The summed E-state index contributed by atoms with van der Waals surface area (Å²) in [5.41, 5.74) is 16.3. The molecule has 0 saturated carbocycles. The molecule has 0 saturated heterocycles. The van der Waals surface area contributed by atoms with E-state index in [2.05, 4.69) is 243 Å². The molecule has 16 aromatic rings. The van der Waals surface area contributed by atoms with Gasteiger partial charge >= 0.3 is 0 Å². The zero-order valence-electron chi connectivity index (χ0n) is 41.0. The molecule has 7 nitrogen and oxygen atoms in total. The summed E-state index contributed by atoms with van der Waals surface area (Å²) in [6.07, 6.45) is 0. The molecule has 0 atom stereocenters. The first kappa shape index (κ1) is 42.2. The van der Waals surface area contributed by atoms with Gasteiger partial charge < -0.3 is 18.3 Å². The maximum Gasteiger partial charge on any atom is 0.164 e. The van der Waals surface area contributed by atoms with Crippen LogP contribution in [0.25, 0.3) is 144 Å². The summed E-state index contributed by atoms with van der Waals surface area (Å²) in [5, 5.41) is 9.31.